The summed E-state index contributed by atoms with van der Waals surface area (Å²) in [7, 11) is 0. The molecular weight excluding hydrogens is 602 g/mol. The van der Waals surface area contributed by atoms with Gasteiger partial charge in [-0.1, -0.05) is 23.7 Å². The third-order valence-electron chi connectivity index (χ3n) is 8.25. The van der Waals surface area contributed by atoms with Crippen LogP contribution in [-0.2, 0) is 11.4 Å². The van der Waals surface area contributed by atoms with E-state index in [0.29, 0.717) is 62.7 Å². The molecule has 0 radical (unpaired) electrons. The van der Waals surface area contributed by atoms with Crippen LogP contribution in [0.15, 0.2) is 73.1 Å². The lowest BCUT2D eigenvalue weighted by Gasteiger charge is -2.36. The molecule has 0 unspecified atom stereocenters. The molecule has 0 spiro atoms. The molecule has 2 aromatic heterocycles. The Morgan fingerprint density at radius 3 is 2.85 bits per heavy atom. The van der Waals surface area contributed by atoms with Crippen LogP contribution in [0.5, 0.6) is 11.5 Å². The Morgan fingerprint density at radius 2 is 2.04 bits per heavy atom. The van der Waals surface area contributed by atoms with E-state index >= 15 is 0 Å². The van der Waals surface area contributed by atoms with Crippen LogP contribution in [0.25, 0.3) is 10.9 Å². The minimum absolute atomic E-state index is 0.258. The summed E-state index contributed by atoms with van der Waals surface area (Å²) in [5.41, 5.74) is 3.40. The molecule has 2 aliphatic rings. The number of ether oxygens (including phenoxy) is 2. The number of nitriles is 1. The first kappa shape index (κ1) is 31.3. The minimum Gasteiger partial charge on any atom is -0.492 e. The highest BCUT2D eigenvalue weighted by Gasteiger charge is 2.29. The van der Waals surface area contributed by atoms with Gasteiger partial charge in [-0.25, -0.2) is 0 Å². The number of benzene rings is 2. The lowest BCUT2D eigenvalue weighted by atomic mass is 10.1. The molecule has 2 N–H and O–H groups in total. The van der Waals surface area contributed by atoms with Crippen molar-refractivity contribution < 1.29 is 14.3 Å². The first-order valence-corrected chi connectivity index (χ1v) is 15.9. The van der Waals surface area contributed by atoms with Crippen molar-refractivity contribution in [1.29, 1.82) is 5.26 Å². The van der Waals surface area contributed by atoms with E-state index in [2.05, 4.69) is 36.5 Å². The van der Waals surface area contributed by atoms with Gasteiger partial charge in [0, 0.05) is 67.8 Å². The van der Waals surface area contributed by atoms with Crippen LogP contribution in [0, 0.1) is 11.3 Å². The number of nitrogens with one attached hydrogen (secondary N) is 2. The van der Waals surface area contributed by atoms with E-state index in [-0.39, 0.29) is 12.5 Å². The van der Waals surface area contributed by atoms with Crippen molar-refractivity contribution in [2.75, 3.05) is 50.0 Å². The van der Waals surface area contributed by atoms with Crippen molar-refractivity contribution in [2.24, 2.45) is 0 Å². The van der Waals surface area contributed by atoms with Gasteiger partial charge in [-0.2, -0.15) is 5.26 Å². The van der Waals surface area contributed by atoms with Crippen molar-refractivity contribution in [3.05, 3.63) is 89.4 Å². The van der Waals surface area contributed by atoms with Crippen molar-refractivity contribution >= 4 is 45.5 Å². The number of piperazine rings is 1. The second-order valence-electron chi connectivity index (χ2n) is 11.3. The molecule has 0 saturated carbocycles. The fourth-order valence-electron chi connectivity index (χ4n) is 5.99. The monoisotopic (exact) mass is 637 g/mol. The van der Waals surface area contributed by atoms with E-state index in [4.69, 9.17) is 21.1 Å². The summed E-state index contributed by atoms with van der Waals surface area (Å²) in [6, 6.07) is 17.4. The summed E-state index contributed by atoms with van der Waals surface area (Å²) in [6.45, 7) is 7.65. The predicted octanol–water partition coefficient (Wildman–Crippen LogP) is 6.15. The number of halogens is 1. The Labute approximate surface area is 273 Å². The molecule has 10 nitrogen and oxygen atoms in total. The number of carbonyl (C=O) groups is 1. The number of hydrogen-bond donors (Lipinski definition) is 2. The van der Waals surface area contributed by atoms with E-state index in [1.165, 1.54) is 25.6 Å². The third-order valence-corrected chi connectivity index (χ3v) is 8.55. The van der Waals surface area contributed by atoms with Gasteiger partial charge in [0.25, 0.3) is 0 Å². The van der Waals surface area contributed by atoms with Crippen LogP contribution in [0.1, 0.15) is 31.0 Å². The zero-order valence-corrected chi connectivity index (χ0v) is 26.5. The number of rotatable bonds is 11. The second-order valence-corrected chi connectivity index (χ2v) is 11.7. The molecule has 2 fully saturated rings. The van der Waals surface area contributed by atoms with E-state index in [0.717, 1.165) is 31.9 Å². The number of pyridine rings is 2. The summed E-state index contributed by atoms with van der Waals surface area (Å²) < 4.78 is 11.7. The highest BCUT2D eigenvalue weighted by Crippen LogP contribution is 2.37. The first-order chi connectivity index (χ1) is 22.5. The topological polar surface area (TPSA) is 116 Å². The maximum Gasteiger partial charge on any atom is 0.248 e. The molecule has 4 aromatic rings. The zero-order valence-electron chi connectivity index (χ0n) is 25.7. The van der Waals surface area contributed by atoms with Gasteiger partial charge in [0.2, 0.25) is 5.91 Å². The third kappa shape index (κ3) is 7.40. The Balaban J connectivity index is 1.20. The zero-order chi connectivity index (χ0) is 31.9. The highest BCUT2D eigenvalue weighted by atomic mass is 35.5. The number of aromatic nitrogens is 2. The Morgan fingerprint density at radius 1 is 1.13 bits per heavy atom. The lowest BCUT2D eigenvalue weighted by Crippen LogP contribution is -2.49. The van der Waals surface area contributed by atoms with Gasteiger partial charge in [-0.3, -0.25) is 24.6 Å². The van der Waals surface area contributed by atoms with Crippen LogP contribution >= 0.6 is 11.6 Å². The fraction of sp³-hybridized carbons (Fsp3) is 0.314. The van der Waals surface area contributed by atoms with Gasteiger partial charge in [0.15, 0.2) is 0 Å². The van der Waals surface area contributed by atoms with Crippen molar-refractivity contribution in [3.8, 4) is 17.6 Å². The Kier molecular flexibility index (Phi) is 9.94. The lowest BCUT2D eigenvalue weighted by molar-refractivity contribution is -0.111. The normalized spacial score (nSPS) is 16.7. The molecule has 236 valence electrons. The van der Waals surface area contributed by atoms with Gasteiger partial charge in [0.05, 0.1) is 39.8 Å². The predicted molar refractivity (Wildman–Crippen MR) is 180 cm³/mol. The maximum absolute atomic E-state index is 13.0. The number of nitrogens with zero attached hydrogens (tertiary/aromatic N) is 5. The van der Waals surface area contributed by atoms with E-state index in [1.807, 2.05) is 37.3 Å². The molecule has 2 aromatic carbocycles. The quantitative estimate of drug-likeness (QED) is 0.187. The number of amides is 1. The summed E-state index contributed by atoms with van der Waals surface area (Å²) in [5, 5.41) is 17.3. The Hall–Kier alpha value is -4.69. The van der Waals surface area contributed by atoms with Gasteiger partial charge in [0.1, 0.15) is 24.2 Å². The van der Waals surface area contributed by atoms with Crippen LogP contribution in [-0.4, -0.2) is 71.0 Å². The molecule has 11 heteroatoms. The fourth-order valence-corrected chi connectivity index (χ4v) is 6.23. The van der Waals surface area contributed by atoms with Crippen molar-refractivity contribution in [3.63, 3.8) is 0 Å². The van der Waals surface area contributed by atoms with Gasteiger partial charge in [-0.15, -0.1) is 0 Å². The first-order valence-electron chi connectivity index (χ1n) is 15.5. The minimum atomic E-state index is -0.258. The van der Waals surface area contributed by atoms with Crippen LogP contribution in [0.3, 0.4) is 0 Å². The number of fused-ring (bicyclic) bond motifs is 2. The van der Waals surface area contributed by atoms with Crippen LogP contribution in [0.4, 0.5) is 17.1 Å². The molecule has 2 saturated heterocycles. The van der Waals surface area contributed by atoms with E-state index in [1.54, 1.807) is 36.5 Å². The number of carbonyl (C=O) groups excluding carboxylic acids is 1. The molecule has 2 aliphatic heterocycles. The van der Waals surface area contributed by atoms with Crippen molar-refractivity contribution in [1.82, 2.24) is 19.8 Å². The molecule has 1 amide bonds. The number of anilines is 3. The van der Waals surface area contributed by atoms with Gasteiger partial charge < -0.3 is 20.1 Å². The number of hydrogen-bond acceptors (Lipinski definition) is 9. The summed E-state index contributed by atoms with van der Waals surface area (Å²) in [5.74, 6) is 0.750. The molecule has 0 aliphatic carbocycles. The summed E-state index contributed by atoms with van der Waals surface area (Å²) in [4.78, 5) is 26.8. The molecular formula is C35H36ClN7O3. The van der Waals surface area contributed by atoms with Crippen LogP contribution < -0.4 is 20.1 Å². The van der Waals surface area contributed by atoms with Gasteiger partial charge in [-0.05, 0) is 62.7 Å². The molecule has 1 atom stereocenters. The Bertz CT molecular complexity index is 1780. The van der Waals surface area contributed by atoms with Crippen LogP contribution in [0.2, 0.25) is 5.02 Å². The van der Waals surface area contributed by atoms with E-state index in [9.17, 15) is 10.1 Å². The summed E-state index contributed by atoms with van der Waals surface area (Å²) in [6.07, 6.45) is 9.24. The standard InChI is InChI=1S/C35H36ClN7O3/c1-2-45-33-19-30-28(18-31(33)41-34(44)9-6-13-42-15-16-43-14-5-8-27(43)22-42)35(24(20-37)21-39-30)40-25-10-11-32(29(36)17-25)46-23-26-7-3-4-12-38-26/h3-4,6-7,9-12,17-19,21,27H,2,5,8,13-16,22-23H2,1H3,(H,39,40)(H,41,44)/b9-6+/t27-/m1/s1. The average molecular weight is 638 g/mol. The molecule has 0 bridgehead atoms. The molecule has 6 rings (SSSR count). The highest BCUT2D eigenvalue weighted by molar-refractivity contribution is 6.32. The molecule has 46 heavy (non-hydrogen) atoms. The van der Waals surface area contributed by atoms with Crippen molar-refractivity contribution in [2.45, 2.75) is 32.4 Å². The SMILES string of the molecule is CCOc1cc2ncc(C#N)c(Nc3ccc(OCc4ccccn4)c(Cl)c3)c2cc1NC(=O)/C=C/CN1CCN2CCC[C@@H]2C1. The average Bonchev–Trinajstić information content (AvgIpc) is 3.54. The second kappa shape index (κ2) is 14.6. The maximum atomic E-state index is 13.0. The van der Waals surface area contributed by atoms with E-state index < -0.39 is 0 Å². The largest absolute Gasteiger partial charge is 0.492 e. The smallest absolute Gasteiger partial charge is 0.248 e. The van der Waals surface area contributed by atoms with Gasteiger partial charge >= 0.3 is 0 Å². The molecule has 4 heterocycles. The summed E-state index contributed by atoms with van der Waals surface area (Å²) >= 11 is 6.57.